The van der Waals surface area contributed by atoms with Gasteiger partial charge >= 0.3 is 5.97 Å². The molecule has 126 valence electrons. The van der Waals surface area contributed by atoms with Crippen molar-refractivity contribution in [2.24, 2.45) is 0 Å². The molecule has 2 aromatic rings. The van der Waals surface area contributed by atoms with Crippen molar-refractivity contribution in [1.82, 2.24) is 4.98 Å². The van der Waals surface area contributed by atoms with Crippen molar-refractivity contribution in [2.45, 2.75) is 29.9 Å². The van der Waals surface area contributed by atoms with E-state index < -0.39 is 5.25 Å². The van der Waals surface area contributed by atoms with E-state index in [1.165, 1.54) is 11.8 Å². The SMILES string of the molecule is Cc1ncsc1CCOC(=O)C[C@@H]1Sc2ccc(Cl)cc2NC1=O. The molecule has 1 atom stereocenters. The van der Waals surface area contributed by atoms with Gasteiger partial charge in [0, 0.05) is 21.2 Å². The molecule has 1 N–H and O–H groups in total. The lowest BCUT2D eigenvalue weighted by atomic mass is 10.2. The normalized spacial score (nSPS) is 16.4. The lowest BCUT2D eigenvalue weighted by Crippen LogP contribution is -2.31. The second-order valence-electron chi connectivity index (χ2n) is 5.27. The van der Waals surface area contributed by atoms with Gasteiger partial charge in [-0.3, -0.25) is 9.59 Å². The molecule has 1 aromatic heterocycles. The summed E-state index contributed by atoms with van der Waals surface area (Å²) in [6.45, 7) is 2.23. The monoisotopic (exact) mass is 382 g/mol. The van der Waals surface area contributed by atoms with Gasteiger partial charge in [0.1, 0.15) is 0 Å². The smallest absolute Gasteiger partial charge is 0.307 e. The number of carbonyl (C=O) groups excluding carboxylic acids is 2. The molecule has 0 radical (unpaired) electrons. The van der Waals surface area contributed by atoms with Crippen LogP contribution in [0.3, 0.4) is 0 Å². The number of ether oxygens (including phenoxy) is 1. The fourth-order valence-electron chi connectivity index (χ4n) is 2.29. The summed E-state index contributed by atoms with van der Waals surface area (Å²) in [4.78, 5) is 30.3. The quantitative estimate of drug-likeness (QED) is 0.798. The summed E-state index contributed by atoms with van der Waals surface area (Å²) in [6, 6.07) is 5.30. The number of aryl methyl sites for hydroxylation is 1. The lowest BCUT2D eigenvalue weighted by molar-refractivity contribution is -0.144. The van der Waals surface area contributed by atoms with Gasteiger partial charge in [-0.25, -0.2) is 4.98 Å². The van der Waals surface area contributed by atoms with Gasteiger partial charge in [0.25, 0.3) is 0 Å². The van der Waals surface area contributed by atoms with Crippen molar-refractivity contribution in [3.8, 4) is 0 Å². The molecule has 0 aliphatic carbocycles. The van der Waals surface area contributed by atoms with Gasteiger partial charge in [0.05, 0.1) is 35.2 Å². The first-order valence-electron chi connectivity index (χ1n) is 7.34. The van der Waals surface area contributed by atoms with Gasteiger partial charge in [-0.1, -0.05) is 11.6 Å². The number of esters is 1. The third kappa shape index (κ3) is 4.09. The highest BCUT2D eigenvalue weighted by atomic mass is 35.5. The Morgan fingerprint density at radius 2 is 2.29 bits per heavy atom. The van der Waals surface area contributed by atoms with E-state index in [9.17, 15) is 9.59 Å². The van der Waals surface area contributed by atoms with Crippen molar-refractivity contribution in [3.05, 3.63) is 39.3 Å². The topological polar surface area (TPSA) is 68.3 Å². The van der Waals surface area contributed by atoms with Crippen LogP contribution in [0.5, 0.6) is 0 Å². The number of rotatable bonds is 5. The number of thiazole rings is 1. The third-order valence-corrected chi connectivity index (χ3v) is 6.06. The number of benzene rings is 1. The van der Waals surface area contributed by atoms with Gasteiger partial charge in [0.15, 0.2) is 0 Å². The Hall–Kier alpha value is -1.57. The van der Waals surface area contributed by atoms with Gasteiger partial charge in [-0.15, -0.1) is 23.1 Å². The van der Waals surface area contributed by atoms with E-state index in [2.05, 4.69) is 10.3 Å². The number of halogens is 1. The highest BCUT2D eigenvalue weighted by molar-refractivity contribution is 8.01. The van der Waals surface area contributed by atoms with Crippen LogP contribution in [0.1, 0.15) is 17.0 Å². The van der Waals surface area contributed by atoms with Gasteiger partial charge < -0.3 is 10.1 Å². The van der Waals surface area contributed by atoms with E-state index in [4.69, 9.17) is 16.3 Å². The molecule has 0 fully saturated rings. The number of nitrogens with one attached hydrogen (secondary N) is 1. The average Bonchev–Trinajstić information content (AvgIpc) is 2.94. The molecule has 1 aromatic carbocycles. The molecule has 1 aliphatic rings. The summed E-state index contributed by atoms with van der Waals surface area (Å²) in [5, 5.41) is 2.85. The highest BCUT2D eigenvalue weighted by Crippen LogP contribution is 2.38. The molecule has 24 heavy (non-hydrogen) atoms. The zero-order valence-electron chi connectivity index (χ0n) is 12.9. The van der Waals surface area contributed by atoms with Crippen LogP contribution >= 0.6 is 34.7 Å². The van der Waals surface area contributed by atoms with Crippen molar-refractivity contribution in [3.63, 3.8) is 0 Å². The van der Waals surface area contributed by atoms with Crippen LogP contribution in [-0.4, -0.2) is 28.7 Å². The Labute approximate surface area is 152 Å². The van der Waals surface area contributed by atoms with Crippen LogP contribution in [0.15, 0.2) is 28.6 Å². The number of aromatic nitrogens is 1. The number of hydrogen-bond acceptors (Lipinski definition) is 6. The first-order valence-corrected chi connectivity index (χ1v) is 9.48. The number of nitrogens with zero attached hydrogens (tertiary/aromatic N) is 1. The van der Waals surface area contributed by atoms with E-state index in [-0.39, 0.29) is 18.3 Å². The minimum atomic E-state index is -0.490. The minimum absolute atomic E-state index is 0.0419. The number of thioether (sulfide) groups is 1. The fourth-order valence-corrected chi connectivity index (χ4v) is 4.30. The molecule has 0 saturated carbocycles. The van der Waals surface area contributed by atoms with E-state index in [0.29, 0.717) is 23.7 Å². The van der Waals surface area contributed by atoms with Crippen LogP contribution < -0.4 is 5.32 Å². The standard InChI is InChI=1S/C16H15ClN2O3S2/c1-9-12(23-8-18-9)4-5-22-15(20)7-14-16(21)19-11-6-10(17)2-3-13(11)24-14/h2-3,6,8,14H,4-5,7H2,1H3,(H,19,21)/t14-/m0/s1. The predicted molar refractivity (Wildman–Crippen MR) is 95.9 cm³/mol. The maximum atomic E-state index is 12.1. The summed E-state index contributed by atoms with van der Waals surface area (Å²) in [6.07, 6.45) is 0.688. The Balaban J connectivity index is 1.52. The average molecular weight is 383 g/mol. The summed E-state index contributed by atoms with van der Waals surface area (Å²) < 4.78 is 5.25. The number of fused-ring (bicyclic) bond motifs is 1. The zero-order chi connectivity index (χ0) is 17.1. The van der Waals surface area contributed by atoms with Gasteiger partial charge in [0.2, 0.25) is 5.91 Å². The number of amides is 1. The molecule has 3 rings (SSSR count). The van der Waals surface area contributed by atoms with Crippen molar-refractivity contribution in [2.75, 3.05) is 11.9 Å². The lowest BCUT2D eigenvalue weighted by Gasteiger charge is -2.23. The van der Waals surface area contributed by atoms with Crippen LogP contribution in [0.4, 0.5) is 5.69 Å². The Kier molecular flexibility index (Phi) is 5.43. The van der Waals surface area contributed by atoms with E-state index in [1.54, 1.807) is 29.0 Å². The Bertz CT molecular complexity index is 778. The molecular weight excluding hydrogens is 368 g/mol. The van der Waals surface area contributed by atoms with Crippen LogP contribution in [-0.2, 0) is 20.7 Å². The number of carbonyl (C=O) groups is 2. The van der Waals surface area contributed by atoms with Crippen LogP contribution in [0, 0.1) is 6.92 Å². The van der Waals surface area contributed by atoms with E-state index >= 15 is 0 Å². The molecule has 5 nitrogen and oxygen atoms in total. The largest absolute Gasteiger partial charge is 0.465 e. The van der Waals surface area contributed by atoms with E-state index in [1.807, 2.05) is 13.0 Å². The van der Waals surface area contributed by atoms with Gasteiger partial charge in [-0.2, -0.15) is 0 Å². The number of hydrogen-bond donors (Lipinski definition) is 1. The van der Waals surface area contributed by atoms with Crippen LogP contribution in [0.25, 0.3) is 0 Å². The molecule has 0 spiro atoms. The van der Waals surface area contributed by atoms with Gasteiger partial charge in [-0.05, 0) is 25.1 Å². The third-order valence-electron chi connectivity index (χ3n) is 3.55. The first kappa shape index (κ1) is 17.3. The minimum Gasteiger partial charge on any atom is -0.465 e. The van der Waals surface area contributed by atoms with E-state index in [0.717, 1.165) is 15.5 Å². The summed E-state index contributed by atoms with van der Waals surface area (Å²) >= 11 is 8.82. The maximum absolute atomic E-state index is 12.1. The first-order chi connectivity index (χ1) is 11.5. The Morgan fingerprint density at radius 1 is 1.46 bits per heavy atom. The molecule has 1 aliphatic heterocycles. The maximum Gasteiger partial charge on any atom is 0.307 e. The van der Waals surface area contributed by atoms with Crippen molar-refractivity contribution in [1.29, 1.82) is 0 Å². The second kappa shape index (κ2) is 7.55. The summed E-state index contributed by atoms with van der Waals surface area (Å²) in [5.74, 6) is -0.577. The predicted octanol–water partition coefficient (Wildman–Crippen LogP) is 3.69. The second-order valence-corrected chi connectivity index (χ2v) is 7.89. The van der Waals surface area contributed by atoms with Crippen LogP contribution in [0.2, 0.25) is 5.02 Å². The summed E-state index contributed by atoms with van der Waals surface area (Å²) in [7, 11) is 0. The zero-order valence-corrected chi connectivity index (χ0v) is 15.3. The van der Waals surface area contributed by atoms with Crippen molar-refractivity contribution >= 4 is 52.3 Å². The Morgan fingerprint density at radius 3 is 3.04 bits per heavy atom. The fraction of sp³-hybridized carbons (Fsp3) is 0.312. The molecule has 2 heterocycles. The molecule has 0 unspecified atom stereocenters. The highest BCUT2D eigenvalue weighted by Gasteiger charge is 2.29. The molecular formula is C16H15ClN2O3S2. The number of anilines is 1. The molecule has 0 bridgehead atoms. The molecule has 1 amide bonds. The summed E-state index contributed by atoms with van der Waals surface area (Å²) in [5.41, 5.74) is 3.43. The van der Waals surface area contributed by atoms with Crippen molar-refractivity contribution < 1.29 is 14.3 Å². The molecule has 0 saturated heterocycles. The molecule has 8 heteroatoms.